The van der Waals surface area contributed by atoms with Crippen LogP contribution in [-0.2, 0) is 7.05 Å². The Kier molecular flexibility index (Phi) is 9.10. The van der Waals surface area contributed by atoms with Crippen molar-refractivity contribution in [2.24, 2.45) is 17.8 Å². The van der Waals surface area contributed by atoms with Gasteiger partial charge in [0.2, 0.25) is 6.33 Å². The molecule has 2 N–H and O–H groups in total. The Hall–Kier alpha value is -1.96. The summed E-state index contributed by atoms with van der Waals surface area (Å²) in [6, 6.07) is 1.28. The van der Waals surface area contributed by atoms with Gasteiger partial charge >= 0.3 is 0 Å². The van der Waals surface area contributed by atoms with Gasteiger partial charge in [0.05, 0.1) is 13.2 Å². The normalized spacial score (nSPS) is 10.6. The van der Waals surface area contributed by atoms with Gasteiger partial charge in [0.15, 0.2) is 6.17 Å². The van der Waals surface area contributed by atoms with Crippen LogP contribution < -0.4 is 10.3 Å². The van der Waals surface area contributed by atoms with Crippen LogP contribution in [0.25, 0.3) is 5.41 Å². The average Bonchev–Trinajstić information content (AvgIpc) is 2.78. The van der Waals surface area contributed by atoms with E-state index < -0.39 is 0 Å². The number of imidazole rings is 1. The van der Waals surface area contributed by atoms with E-state index in [2.05, 4.69) is 16.5 Å². The minimum atomic E-state index is 0.146. The molecule has 1 rings (SSSR count). The van der Waals surface area contributed by atoms with E-state index in [4.69, 9.17) is 16.4 Å². The van der Waals surface area contributed by atoms with E-state index in [-0.39, 0.29) is 6.17 Å². The third-order valence-corrected chi connectivity index (χ3v) is 2.38. The predicted octanol–water partition coefficient (Wildman–Crippen LogP) is 1.56. The number of nitrogens with two attached hydrogens (primary N) is 1. The van der Waals surface area contributed by atoms with Gasteiger partial charge in [0.1, 0.15) is 12.4 Å². The summed E-state index contributed by atoms with van der Waals surface area (Å²) in [5.41, 5.74) is 6.00. The first-order chi connectivity index (χ1) is 8.65. The van der Waals surface area contributed by atoms with Gasteiger partial charge in [0.25, 0.3) is 0 Å². The molecule has 6 nitrogen and oxygen atoms in total. The maximum atomic E-state index is 7.43. The van der Waals surface area contributed by atoms with Crippen LogP contribution in [0.5, 0.6) is 0 Å². The average molecular weight is 248 g/mol. The number of aliphatic imine (C=N–C) groups is 1. The second-order valence-corrected chi connectivity index (χ2v) is 3.90. The van der Waals surface area contributed by atoms with Crippen molar-refractivity contribution >= 4 is 6.01 Å². The minimum Gasteiger partial charge on any atom is -0.422 e. The molecule has 0 aromatic carbocycles. The quantitative estimate of drug-likeness (QED) is 0.370. The monoisotopic (exact) mass is 248 g/mol. The van der Waals surface area contributed by atoms with E-state index in [0.29, 0.717) is 0 Å². The van der Waals surface area contributed by atoms with Crippen LogP contribution in [0.15, 0.2) is 23.7 Å². The number of aromatic nitrogens is 2. The lowest BCUT2D eigenvalue weighted by Gasteiger charge is -2.06. The van der Waals surface area contributed by atoms with E-state index in [1.165, 1.54) is 31.5 Å². The molecule has 6 heteroatoms. The van der Waals surface area contributed by atoms with Gasteiger partial charge in [0, 0.05) is 6.42 Å². The SMILES string of the molecule is CCCCCC(N)n1cc[n+](C)c1.N#CN=C=[N-]. The zero-order valence-electron chi connectivity index (χ0n) is 11.0. The molecule has 0 aliphatic rings. The molecule has 0 amide bonds. The molecule has 98 valence electrons. The largest absolute Gasteiger partial charge is 0.422 e. The van der Waals surface area contributed by atoms with Gasteiger partial charge < -0.3 is 10.4 Å². The molecular weight excluding hydrogens is 228 g/mol. The summed E-state index contributed by atoms with van der Waals surface area (Å²) in [4.78, 5) is 2.58. The summed E-state index contributed by atoms with van der Waals surface area (Å²) in [6.45, 7) is 2.21. The van der Waals surface area contributed by atoms with E-state index in [9.17, 15) is 0 Å². The summed E-state index contributed by atoms with van der Waals surface area (Å²) in [5.74, 6) is 0. The summed E-state index contributed by atoms with van der Waals surface area (Å²) >= 11 is 0. The molecule has 0 bridgehead atoms. The molecule has 0 aliphatic heterocycles. The highest BCUT2D eigenvalue weighted by molar-refractivity contribution is 5.46. The third-order valence-electron chi connectivity index (χ3n) is 2.38. The zero-order valence-corrected chi connectivity index (χ0v) is 11.0. The van der Waals surface area contributed by atoms with Crippen LogP contribution in [0.1, 0.15) is 38.8 Å². The maximum absolute atomic E-state index is 7.43. The van der Waals surface area contributed by atoms with Crippen LogP contribution in [0, 0.1) is 11.5 Å². The lowest BCUT2D eigenvalue weighted by Crippen LogP contribution is -2.26. The molecule has 18 heavy (non-hydrogen) atoms. The first-order valence-electron chi connectivity index (χ1n) is 5.91. The van der Waals surface area contributed by atoms with Crippen LogP contribution in [0.3, 0.4) is 0 Å². The van der Waals surface area contributed by atoms with Crippen molar-refractivity contribution in [2.75, 3.05) is 0 Å². The van der Waals surface area contributed by atoms with E-state index in [1.807, 2.05) is 30.3 Å². The first-order valence-corrected chi connectivity index (χ1v) is 5.91. The Bertz CT molecular complexity index is 410. The number of unbranched alkanes of at least 4 members (excludes halogenated alkanes) is 2. The Morgan fingerprint density at radius 3 is 2.67 bits per heavy atom. The second-order valence-electron chi connectivity index (χ2n) is 3.90. The Labute approximate surface area is 108 Å². The molecule has 1 aromatic rings. The number of nitrogens with zero attached hydrogens (tertiary/aromatic N) is 5. The molecule has 0 spiro atoms. The highest BCUT2D eigenvalue weighted by Crippen LogP contribution is 2.08. The number of rotatable bonds is 5. The van der Waals surface area contributed by atoms with Crippen molar-refractivity contribution in [1.82, 2.24) is 4.57 Å². The van der Waals surface area contributed by atoms with Crippen molar-refractivity contribution < 1.29 is 4.57 Å². The van der Waals surface area contributed by atoms with Gasteiger partial charge in [-0.3, -0.25) is 5.73 Å². The lowest BCUT2D eigenvalue weighted by molar-refractivity contribution is -0.671. The van der Waals surface area contributed by atoms with Gasteiger partial charge in [-0.25, -0.2) is 9.13 Å². The molecule has 0 aliphatic carbocycles. The molecule has 1 heterocycles. The van der Waals surface area contributed by atoms with E-state index >= 15 is 0 Å². The number of hydrogen-bond acceptors (Lipinski definition) is 3. The first kappa shape index (κ1) is 16.0. The summed E-state index contributed by atoms with van der Waals surface area (Å²) in [5, 5.41) is 14.9. The molecule has 0 radical (unpaired) electrons. The number of aryl methyl sites for hydroxylation is 1. The predicted molar refractivity (Wildman–Crippen MR) is 69.4 cm³/mol. The van der Waals surface area contributed by atoms with Crippen molar-refractivity contribution in [2.45, 2.75) is 38.8 Å². The fourth-order valence-corrected chi connectivity index (χ4v) is 1.44. The third kappa shape index (κ3) is 7.34. The van der Waals surface area contributed by atoms with E-state index in [1.54, 1.807) is 0 Å². The topological polar surface area (TPSA) is 93.3 Å². The van der Waals surface area contributed by atoms with Crippen LogP contribution in [0.2, 0.25) is 0 Å². The molecular formula is C12H20N6. The van der Waals surface area contributed by atoms with Crippen molar-refractivity contribution in [1.29, 1.82) is 5.26 Å². The smallest absolute Gasteiger partial charge is 0.244 e. The maximum Gasteiger partial charge on any atom is 0.244 e. The van der Waals surface area contributed by atoms with Crippen LogP contribution in [0.4, 0.5) is 0 Å². The Morgan fingerprint density at radius 2 is 2.28 bits per heavy atom. The molecule has 0 saturated carbocycles. The number of nitriles is 1. The van der Waals surface area contributed by atoms with Gasteiger partial charge in [-0.05, 0) is 6.42 Å². The van der Waals surface area contributed by atoms with Crippen molar-refractivity contribution in [3.8, 4) is 6.19 Å². The lowest BCUT2D eigenvalue weighted by atomic mass is 10.2. The van der Waals surface area contributed by atoms with Crippen molar-refractivity contribution in [3.05, 3.63) is 24.1 Å². The van der Waals surface area contributed by atoms with Crippen molar-refractivity contribution in [3.63, 3.8) is 0 Å². The van der Waals surface area contributed by atoms with Gasteiger partial charge in [-0.2, -0.15) is 5.26 Å². The Balaban J connectivity index is 0.000000494. The Morgan fingerprint density at radius 1 is 1.56 bits per heavy atom. The highest BCUT2D eigenvalue weighted by atomic mass is 15.2. The molecule has 0 saturated heterocycles. The fourth-order valence-electron chi connectivity index (χ4n) is 1.44. The van der Waals surface area contributed by atoms with Crippen LogP contribution >= 0.6 is 0 Å². The summed E-state index contributed by atoms with van der Waals surface area (Å²) in [7, 11) is 2.01. The molecule has 0 fully saturated rings. The summed E-state index contributed by atoms with van der Waals surface area (Å²) < 4.78 is 4.08. The molecule has 1 unspecified atom stereocenters. The number of hydrogen-bond donors (Lipinski definition) is 1. The highest BCUT2D eigenvalue weighted by Gasteiger charge is 2.09. The summed E-state index contributed by atoms with van der Waals surface area (Å²) in [6.07, 6.45) is 12.3. The van der Waals surface area contributed by atoms with E-state index in [0.717, 1.165) is 6.42 Å². The minimum absolute atomic E-state index is 0.146. The van der Waals surface area contributed by atoms with Gasteiger partial charge in [-0.1, -0.05) is 19.8 Å². The second kappa shape index (κ2) is 10.2. The standard InChI is InChI=1S/C10H20N3.C2N3/c1-3-4-5-6-10(11)13-8-7-12(2)9-13;3-1-5-2-4/h7-10H,3-6,11H2,1-2H3;/q+1;-1. The van der Waals surface area contributed by atoms with Gasteiger partial charge in [-0.15, -0.1) is 6.01 Å². The fraction of sp³-hybridized carbons (Fsp3) is 0.583. The molecule has 1 aromatic heterocycles. The molecule has 1 atom stereocenters. The van der Waals surface area contributed by atoms with Crippen LogP contribution in [-0.4, -0.2) is 10.6 Å². The zero-order chi connectivity index (χ0) is 13.8.